The minimum absolute atomic E-state index is 0.0276. The first kappa shape index (κ1) is 44.6. The fraction of sp³-hybridized carbons (Fsp3) is 0.538. The van der Waals surface area contributed by atoms with Crippen molar-refractivity contribution in [1.82, 2.24) is 30.2 Å². The number of aromatic nitrogens is 4. The van der Waals surface area contributed by atoms with E-state index in [1.54, 1.807) is 0 Å². The summed E-state index contributed by atoms with van der Waals surface area (Å²) < 4.78 is 66.8. The van der Waals surface area contributed by atoms with E-state index < -0.39 is 84.6 Å². The predicted molar refractivity (Wildman–Crippen MR) is 185 cm³/mol. The number of nitrogens with one attached hydrogen (secondary N) is 2. The lowest BCUT2D eigenvalue weighted by Crippen LogP contribution is -2.46. The van der Waals surface area contributed by atoms with E-state index in [4.69, 9.17) is 23.9 Å². The second-order valence-corrected chi connectivity index (χ2v) is 17.5. The molecule has 0 aliphatic carbocycles. The van der Waals surface area contributed by atoms with E-state index in [0.717, 1.165) is 29.0 Å². The van der Waals surface area contributed by atoms with Crippen molar-refractivity contribution in [2.75, 3.05) is 37.8 Å². The monoisotopic (exact) mass is 861 g/mol. The standard InChI is InChI=1S/C26H38N7O18P3S/c1-26(2,20(36)23(37)29-5-3-16(34)28-6-8-55-25(38)14-4-7-46-9-14)11-48-54(44,45)51-53(42,43)47-10-15-19(50-52(39,40)41)18(35)24(49-15)33-13-32-17-21(27)30-12-31-22(17)33/h4,7,9,12-13,15,18-20,24,35-36H,3,5-6,8,10-11H2,1-2H3,(H,28,34)(H,29,37)(H,42,43)(H,44,45)(H2,27,30,31)(H2,39,40,41)/t15-,18-,19-,20+,24-/m1/s1. The number of fused-ring (bicyclic) bond motifs is 1. The van der Waals surface area contributed by atoms with Gasteiger partial charge >= 0.3 is 23.5 Å². The van der Waals surface area contributed by atoms with Gasteiger partial charge in [0.15, 0.2) is 17.7 Å². The maximum absolute atomic E-state index is 12.7. The number of amides is 2. The quantitative estimate of drug-likeness (QED) is 0.0514. The zero-order valence-electron chi connectivity index (χ0n) is 28.7. The number of furan rings is 1. The molecular formula is C26H38N7O18P3S. The Labute approximate surface area is 314 Å². The van der Waals surface area contributed by atoms with Gasteiger partial charge < -0.3 is 55.3 Å². The molecule has 1 aliphatic rings. The number of aliphatic hydroxyl groups is 2. The van der Waals surface area contributed by atoms with Crippen molar-refractivity contribution in [2.24, 2.45) is 5.41 Å². The van der Waals surface area contributed by atoms with E-state index in [0.29, 0.717) is 5.56 Å². The van der Waals surface area contributed by atoms with Crippen molar-refractivity contribution in [3.8, 4) is 0 Å². The highest BCUT2D eigenvalue weighted by atomic mass is 32.2. The van der Waals surface area contributed by atoms with Crippen molar-refractivity contribution in [2.45, 2.75) is 50.9 Å². The fourth-order valence-corrected chi connectivity index (χ4v) is 8.24. The van der Waals surface area contributed by atoms with Gasteiger partial charge in [0.2, 0.25) is 16.9 Å². The van der Waals surface area contributed by atoms with E-state index in [9.17, 15) is 57.9 Å². The second-order valence-electron chi connectivity index (χ2n) is 12.2. The summed E-state index contributed by atoms with van der Waals surface area (Å²) in [7, 11) is -16.4. The first-order chi connectivity index (χ1) is 25.6. The average Bonchev–Trinajstić information content (AvgIpc) is 3.84. The molecular weight excluding hydrogens is 823 g/mol. The molecule has 1 aliphatic heterocycles. The number of carbonyl (C=O) groups is 3. The van der Waals surface area contributed by atoms with Crippen LogP contribution < -0.4 is 16.4 Å². The first-order valence-electron chi connectivity index (χ1n) is 15.7. The number of ether oxygens (including phenoxy) is 1. The summed E-state index contributed by atoms with van der Waals surface area (Å²) in [4.78, 5) is 87.4. The fourth-order valence-electron chi connectivity index (χ4n) is 4.74. The van der Waals surface area contributed by atoms with E-state index in [1.165, 1.54) is 32.4 Å². The van der Waals surface area contributed by atoms with Gasteiger partial charge in [-0.15, -0.1) is 0 Å². The number of nitrogens with two attached hydrogens (primary N) is 1. The van der Waals surface area contributed by atoms with Crippen molar-refractivity contribution >= 4 is 69.1 Å². The lowest BCUT2D eigenvalue weighted by Gasteiger charge is -2.30. The second kappa shape index (κ2) is 18.4. The Hall–Kier alpha value is -3.16. The number of aliphatic hydroxyl groups excluding tert-OH is 2. The maximum Gasteiger partial charge on any atom is 0.481 e. The van der Waals surface area contributed by atoms with E-state index in [-0.39, 0.29) is 47.4 Å². The minimum Gasteiger partial charge on any atom is -0.472 e. The summed E-state index contributed by atoms with van der Waals surface area (Å²) in [6, 6.07) is 1.50. The summed E-state index contributed by atoms with van der Waals surface area (Å²) in [5.74, 6) is -1.22. The third-order valence-corrected chi connectivity index (χ3v) is 11.5. The summed E-state index contributed by atoms with van der Waals surface area (Å²) in [5.41, 5.74) is 4.62. The lowest BCUT2D eigenvalue weighted by atomic mass is 9.87. The van der Waals surface area contributed by atoms with Gasteiger partial charge in [0.25, 0.3) is 0 Å². The van der Waals surface area contributed by atoms with Gasteiger partial charge in [-0.05, 0) is 6.07 Å². The first-order valence-corrected chi connectivity index (χ1v) is 21.2. The molecule has 0 radical (unpaired) electrons. The third kappa shape index (κ3) is 12.7. The van der Waals surface area contributed by atoms with Crippen LogP contribution in [0, 0.1) is 5.41 Å². The number of phosphoric acid groups is 3. The number of nitrogen functional groups attached to an aromatic ring is 1. The van der Waals surface area contributed by atoms with Gasteiger partial charge in [-0.2, -0.15) is 4.31 Å². The molecule has 55 heavy (non-hydrogen) atoms. The molecule has 2 amide bonds. The Balaban J connectivity index is 1.24. The average molecular weight is 862 g/mol. The number of hydrogen-bond acceptors (Lipinski definition) is 19. The lowest BCUT2D eigenvalue weighted by molar-refractivity contribution is -0.137. The van der Waals surface area contributed by atoms with E-state index >= 15 is 0 Å². The molecule has 306 valence electrons. The minimum atomic E-state index is -5.57. The van der Waals surface area contributed by atoms with Crippen molar-refractivity contribution in [3.05, 3.63) is 36.8 Å². The zero-order chi connectivity index (χ0) is 40.8. The number of anilines is 1. The van der Waals surface area contributed by atoms with Crippen LogP contribution in [0.2, 0.25) is 0 Å². The predicted octanol–water partition coefficient (Wildman–Crippen LogP) is -0.428. The normalized spacial score (nSPS) is 21.8. The molecule has 4 heterocycles. The highest BCUT2D eigenvalue weighted by molar-refractivity contribution is 8.14. The van der Waals surface area contributed by atoms with Gasteiger partial charge in [-0.25, -0.2) is 28.6 Å². The molecule has 1 saturated heterocycles. The molecule has 0 spiro atoms. The number of rotatable bonds is 20. The molecule has 3 aromatic heterocycles. The Kier molecular flexibility index (Phi) is 14.9. The molecule has 29 heteroatoms. The zero-order valence-corrected chi connectivity index (χ0v) is 32.2. The van der Waals surface area contributed by atoms with Crippen molar-refractivity contribution < 1.29 is 84.9 Å². The Morgan fingerprint density at radius 3 is 2.45 bits per heavy atom. The summed E-state index contributed by atoms with van der Waals surface area (Å²) in [5, 5.41) is 26.1. The number of imidazole rings is 1. The molecule has 1 fully saturated rings. The molecule has 0 saturated carbocycles. The van der Waals surface area contributed by atoms with Crippen LogP contribution >= 0.6 is 35.2 Å². The van der Waals surface area contributed by atoms with Crippen LogP contribution in [0.5, 0.6) is 0 Å². The topological polar surface area (TPSA) is 377 Å². The van der Waals surface area contributed by atoms with Crippen molar-refractivity contribution in [1.29, 1.82) is 0 Å². The van der Waals surface area contributed by atoms with Gasteiger partial charge in [-0.3, -0.25) is 32.5 Å². The third-order valence-electron chi connectivity index (χ3n) is 7.49. The maximum atomic E-state index is 12.7. The van der Waals surface area contributed by atoms with Crippen LogP contribution in [0.1, 0.15) is 36.9 Å². The van der Waals surface area contributed by atoms with E-state index in [2.05, 4.69) is 34.4 Å². The van der Waals surface area contributed by atoms with Crippen LogP contribution in [-0.4, -0.2) is 123 Å². The number of phosphoric ester groups is 3. The molecule has 10 N–H and O–H groups in total. The van der Waals surface area contributed by atoms with Gasteiger partial charge in [0, 0.05) is 30.7 Å². The van der Waals surface area contributed by atoms with Crippen LogP contribution in [0.4, 0.5) is 5.82 Å². The molecule has 0 aromatic carbocycles. The van der Waals surface area contributed by atoms with Crippen LogP contribution in [0.3, 0.4) is 0 Å². The van der Waals surface area contributed by atoms with Crippen LogP contribution in [0.15, 0.2) is 35.7 Å². The van der Waals surface area contributed by atoms with Crippen molar-refractivity contribution in [3.63, 3.8) is 0 Å². The SMILES string of the molecule is CC(C)(COP(=O)(O)OP(=O)(O)OC[C@H]1O[C@@H](n2cnc3c(N)ncnc32)[C@H](O)[C@@H]1OP(=O)(O)O)[C@@H](O)C(=O)NCCC(=O)NCCSC(=O)c1ccoc1. The highest BCUT2D eigenvalue weighted by Gasteiger charge is 2.50. The van der Waals surface area contributed by atoms with Gasteiger partial charge in [0.1, 0.15) is 42.5 Å². The molecule has 4 rings (SSSR count). The number of hydrogen-bond donors (Lipinski definition) is 9. The van der Waals surface area contributed by atoms with Crippen LogP contribution in [-0.2, 0) is 45.9 Å². The van der Waals surface area contributed by atoms with E-state index in [1.807, 2.05) is 0 Å². The highest BCUT2D eigenvalue weighted by Crippen LogP contribution is 2.61. The van der Waals surface area contributed by atoms with Gasteiger partial charge in [-0.1, -0.05) is 25.6 Å². The largest absolute Gasteiger partial charge is 0.481 e. The summed E-state index contributed by atoms with van der Waals surface area (Å²) >= 11 is 0.968. The van der Waals surface area contributed by atoms with Crippen LogP contribution in [0.25, 0.3) is 11.2 Å². The molecule has 3 aromatic rings. The molecule has 0 bridgehead atoms. The smallest absolute Gasteiger partial charge is 0.472 e. The number of carbonyl (C=O) groups excluding carboxylic acids is 3. The molecule has 7 atom stereocenters. The summed E-state index contributed by atoms with van der Waals surface area (Å²) in [6.07, 6.45) is -4.31. The summed E-state index contributed by atoms with van der Waals surface area (Å²) in [6.45, 7) is 0.399. The number of thioether (sulfide) groups is 1. The Morgan fingerprint density at radius 2 is 1.78 bits per heavy atom. The molecule has 2 unspecified atom stereocenters. The Morgan fingerprint density at radius 1 is 1.07 bits per heavy atom. The Bertz CT molecular complexity index is 1960. The van der Waals surface area contributed by atoms with Gasteiger partial charge in [0.05, 0.1) is 31.4 Å². The number of nitrogens with zero attached hydrogens (tertiary/aromatic N) is 4. The molecule has 25 nitrogen and oxygen atoms in total.